The summed E-state index contributed by atoms with van der Waals surface area (Å²) < 4.78 is 7.67. The van der Waals surface area contributed by atoms with Gasteiger partial charge >= 0.3 is 0 Å². The average Bonchev–Trinajstić information content (AvgIpc) is 3.27. The van der Waals surface area contributed by atoms with Crippen molar-refractivity contribution in [1.82, 2.24) is 19.5 Å². The zero-order valence-corrected chi connectivity index (χ0v) is 19.4. The third-order valence-corrected chi connectivity index (χ3v) is 5.75. The monoisotopic (exact) mass is 450 g/mol. The number of nitrogens with zero attached hydrogens (tertiary/aromatic N) is 5. The number of anilines is 3. The first-order valence-electron chi connectivity index (χ1n) is 11.0. The maximum atomic E-state index is 5.50. The van der Waals surface area contributed by atoms with E-state index in [4.69, 9.17) is 4.74 Å². The Bertz CT molecular complexity index is 1440. The van der Waals surface area contributed by atoms with Crippen molar-refractivity contribution in [3.8, 4) is 17.0 Å². The lowest BCUT2D eigenvalue weighted by Crippen LogP contribution is -2.13. The lowest BCUT2D eigenvalue weighted by Gasteiger charge is -2.19. The van der Waals surface area contributed by atoms with Gasteiger partial charge < -0.3 is 19.5 Å². The smallest absolute Gasteiger partial charge is 0.134 e. The standard InChI is InChI=1S/C27H26N6O/c1-32(2)24-13-12-20(14-19(24)16-33-18-30-22-9-5-6-10-25(22)33)31-27-15-23(28-17-29-27)21-8-4-7-11-26(21)34-3/h4-15,17-18H,16H2,1-3H3,(H,28,29,31). The molecule has 0 spiro atoms. The van der Waals surface area contributed by atoms with E-state index in [2.05, 4.69) is 68.1 Å². The topological polar surface area (TPSA) is 68.1 Å². The van der Waals surface area contributed by atoms with E-state index in [1.165, 1.54) is 5.56 Å². The van der Waals surface area contributed by atoms with E-state index in [1.807, 2.05) is 54.9 Å². The van der Waals surface area contributed by atoms with E-state index in [-0.39, 0.29) is 0 Å². The average molecular weight is 451 g/mol. The largest absolute Gasteiger partial charge is 0.496 e. The van der Waals surface area contributed by atoms with Gasteiger partial charge in [-0.2, -0.15) is 0 Å². The van der Waals surface area contributed by atoms with E-state index in [0.717, 1.165) is 39.4 Å². The lowest BCUT2D eigenvalue weighted by molar-refractivity contribution is 0.416. The van der Waals surface area contributed by atoms with Crippen LogP contribution in [0.5, 0.6) is 5.75 Å². The normalized spacial score (nSPS) is 10.9. The van der Waals surface area contributed by atoms with Crippen molar-refractivity contribution in [2.24, 2.45) is 0 Å². The second-order valence-electron chi connectivity index (χ2n) is 8.21. The Kier molecular flexibility index (Phi) is 5.82. The molecule has 0 amide bonds. The molecule has 5 rings (SSSR count). The van der Waals surface area contributed by atoms with Crippen LogP contribution in [0.25, 0.3) is 22.3 Å². The first kappa shape index (κ1) is 21.5. The van der Waals surface area contributed by atoms with Crippen molar-refractivity contribution < 1.29 is 4.74 Å². The fourth-order valence-electron chi connectivity index (χ4n) is 4.12. The van der Waals surface area contributed by atoms with Crippen LogP contribution in [-0.4, -0.2) is 40.7 Å². The third-order valence-electron chi connectivity index (χ3n) is 5.75. The van der Waals surface area contributed by atoms with Crippen LogP contribution < -0.4 is 15.0 Å². The summed E-state index contributed by atoms with van der Waals surface area (Å²) >= 11 is 0. The number of hydrogen-bond acceptors (Lipinski definition) is 6. The molecular formula is C27H26N6O. The summed E-state index contributed by atoms with van der Waals surface area (Å²) in [4.78, 5) is 15.5. The first-order chi connectivity index (χ1) is 16.6. The van der Waals surface area contributed by atoms with Gasteiger partial charge in [0.25, 0.3) is 0 Å². The fraction of sp³-hybridized carbons (Fsp3) is 0.148. The van der Waals surface area contributed by atoms with Gasteiger partial charge in [-0.3, -0.25) is 0 Å². The Hall–Kier alpha value is -4.39. The SMILES string of the molecule is COc1ccccc1-c1cc(Nc2ccc(N(C)C)c(Cn3cnc4ccccc43)c2)ncn1. The van der Waals surface area contributed by atoms with Crippen LogP contribution in [0.15, 0.2) is 85.5 Å². The zero-order chi connectivity index (χ0) is 23.5. The maximum absolute atomic E-state index is 5.50. The summed E-state index contributed by atoms with van der Waals surface area (Å²) in [5, 5.41) is 3.44. The first-order valence-corrected chi connectivity index (χ1v) is 11.0. The predicted molar refractivity (Wildman–Crippen MR) is 137 cm³/mol. The number of imidazole rings is 1. The minimum absolute atomic E-state index is 0.708. The number of benzene rings is 3. The Morgan fingerprint density at radius 3 is 2.59 bits per heavy atom. The van der Waals surface area contributed by atoms with Gasteiger partial charge in [0.05, 0.1) is 36.7 Å². The van der Waals surface area contributed by atoms with Crippen molar-refractivity contribution in [3.63, 3.8) is 0 Å². The van der Waals surface area contributed by atoms with Gasteiger partial charge in [-0.05, 0) is 48.0 Å². The highest BCUT2D eigenvalue weighted by atomic mass is 16.5. The van der Waals surface area contributed by atoms with Crippen molar-refractivity contribution >= 4 is 28.2 Å². The second-order valence-corrected chi connectivity index (χ2v) is 8.21. The predicted octanol–water partition coefficient (Wildman–Crippen LogP) is 5.36. The zero-order valence-electron chi connectivity index (χ0n) is 19.4. The molecule has 0 saturated heterocycles. The van der Waals surface area contributed by atoms with Crippen molar-refractivity contribution in [2.45, 2.75) is 6.54 Å². The van der Waals surface area contributed by atoms with Crippen molar-refractivity contribution in [1.29, 1.82) is 0 Å². The quantitative estimate of drug-likeness (QED) is 0.360. The Balaban J connectivity index is 1.46. The molecule has 2 aromatic heterocycles. The van der Waals surface area contributed by atoms with Crippen LogP contribution in [0, 0.1) is 0 Å². The van der Waals surface area contributed by atoms with E-state index >= 15 is 0 Å². The number of rotatable bonds is 7. The number of para-hydroxylation sites is 3. The summed E-state index contributed by atoms with van der Waals surface area (Å²) in [5.41, 5.74) is 7.11. The van der Waals surface area contributed by atoms with Crippen LogP contribution in [0.4, 0.5) is 17.2 Å². The molecule has 0 unspecified atom stereocenters. The molecule has 0 fully saturated rings. The molecule has 2 heterocycles. The molecule has 0 saturated carbocycles. The van der Waals surface area contributed by atoms with Gasteiger partial charge in [-0.15, -0.1) is 0 Å². The molecular weight excluding hydrogens is 424 g/mol. The van der Waals surface area contributed by atoms with E-state index in [1.54, 1.807) is 13.4 Å². The Labute approximate surface area is 198 Å². The lowest BCUT2D eigenvalue weighted by atomic mass is 10.1. The van der Waals surface area contributed by atoms with Crippen LogP contribution >= 0.6 is 0 Å². The second kappa shape index (κ2) is 9.23. The summed E-state index contributed by atoms with van der Waals surface area (Å²) in [6, 6.07) is 24.3. The number of aromatic nitrogens is 4. The summed E-state index contributed by atoms with van der Waals surface area (Å²) in [6.07, 6.45) is 3.46. The van der Waals surface area contributed by atoms with Gasteiger partial charge in [-0.25, -0.2) is 15.0 Å². The van der Waals surface area contributed by atoms with Crippen molar-refractivity contribution in [3.05, 3.63) is 91.0 Å². The minimum atomic E-state index is 0.708. The van der Waals surface area contributed by atoms with Gasteiger partial charge in [0.1, 0.15) is 17.9 Å². The highest BCUT2D eigenvalue weighted by molar-refractivity contribution is 5.75. The maximum Gasteiger partial charge on any atom is 0.134 e. The number of hydrogen-bond donors (Lipinski definition) is 1. The van der Waals surface area contributed by atoms with Crippen LogP contribution in [-0.2, 0) is 6.54 Å². The summed E-state index contributed by atoms with van der Waals surface area (Å²) in [5.74, 6) is 1.49. The number of nitrogens with one attached hydrogen (secondary N) is 1. The van der Waals surface area contributed by atoms with E-state index in [0.29, 0.717) is 12.4 Å². The number of ether oxygens (including phenoxy) is 1. The molecule has 0 bridgehead atoms. The van der Waals surface area contributed by atoms with E-state index < -0.39 is 0 Å². The van der Waals surface area contributed by atoms with Gasteiger partial charge in [0, 0.05) is 37.1 Å². The highest BCUT2D eigenvalue weighted by Gasteiger charge is 2.11. The molecule has 7 heteroatoms. The molecule has 5 aromatic rings. The minimum Gasteiger partial charge on any atom is -0.496 e. The van der Waals surface area contributed by atoms with Gasteiger partial charge in [-0.1, -0.05) is 24.3 Å². The Morgan fingerprint density at radius 2 is 1.74 bits per heavy atom. The number of fused-ring (bicyclic) bond motifs is 1. The molecule has 170 valence electrons. The molecule has 0 aliphatic heterocycles. The molecule has 3 aromatic carbocycles. The molecule has 7 nitrogen and oxygen atoms in total. The fourth-order valence-corrected chi connectivity index (χ4v) is 4.12. The molecule has 0 radical (unpaired) electrons. The summed E-state index contributed by atoms with van der Waals surface area (Å²) in [6.45, 7) is 0.708. The molecule has 0 atom stereocenters. The van der Waals surface area contributed by atoms with Gasteiger partial charge in [0.15, 0.2) is 0 Å². The third kappa shape index (κ3) is 4.28. The van der Waals surface area contributed by atoms with Gasteiger partial charge in [0.2, 0.25) is 0 Å². The van der Waals surface area contributed by atoms with Crippen molar-refractivity contribution in [2.75, 3.05) is 31.4 Å². The Morgan fingerprint density at radius 1 is 0.912 bits per heavy atom. The molecule has 0 aliphatic rings. The number of methoxy groups -OCH3 is 1. The van der Waals surface area contributed by atoms with Crippen LogP contribution in [0.2, 0.25) is 0 Å². The van der Waals surface area contributed by atoms with E-state index in [9.17, 15) is 0 Å². The summed E-state index contributed by atoms with van der Waals surface area (Å²) in [7, 11) is 5.78. The highest BCUT2D eigenvalue weighted by Crippen LogP contribution is 2.30. The van der Waals surface area contributed by atoms with Crippen LogP contribution in [0.1, 0.15) is 5.56 Å². The molecule has 1 N–H and O–H groups in total. The molecule has 0 aliphatic carbocycles. The molecule has 34 heavy (non-hydrogen) atoms. The van der Waals surface area contributed by atoms with Crippen LogP contribution in [0.3, 0.4) is 0 Å².